The van der Waals surface area contributed by atoms with E-state index >= 15 is 0 Å². The van der Waals surface area contributed by atoms with Crippen LogP contribution in [0.5, 0.6) is 10.8 Å². The molecule has 3 aromatic rings. The number of thiophene rings is 1. The van der Waals surface area contributed by atoms with Crippen molar-refractivity contribution in [3.63, 3.8) is 0 Å². The first-order chi connectivity index (χ1) is 13.7. The van der Waals surface area contributed by atoms with Crippen molar-refractivity contribution in [3.8, 4) is 10.8 Å². The minimum Gasteiger partial charge on any atom is -0.490 e. The number of carboxylic acids is 1. The predicted molar refractivity (Wildman–Crippen MR) is 110 cm³/mol. The second kappa shape index (κ2) is 9.57. The quantitative estimate of drug-likeness (QED) is 0.238. The molecule has 0 atom stereocenters. The standard InChI is InChI=1S/C21H19NO5S/c1-2-11-27-22-20(21(23)24)18-9-10-19(28-18)26-13-12-25-17-8-7-15-5-3-4-6-16(15)14-17/h2-10,14H,1,11-13H2,(H,23,24)/b22-20+. The smallest absolute Gasteiger partial charge is 0.359 e. The molecule has 6 nitrogen and oxygen atoms in total. The number of hydrogen-bond donors (Lipinski definition) is 1. The lowest BCUT2D eigenvalue weighted by Crippen LogP contribution is -2.13. The van der Waals surface area contributed by atoms with Crippen molar-refractivity contribution < 1.29 is 24.2 Å². The second-order valence-electron chi connectivity index (χ2n) is 5.65. The predicted octanol–water partition coefficient (Wildman–Crippen LogP) is 4.35. The van der Waals surface area contributed by atoms with Gasteiger partial charge in [-0.2, -0.15) is 0 Å². The van der Waals surface area contributed by atoms with Gasteiger partial charge in [0.15, 0.2) is 5.06 Å². The molecular formula is C21H19NO5S. The summed E-state index contributed by atoms with van der Waals surface area (Å²) in [5, 5.41) is 15.7. The highest BCUT2D eigenvalue weighted by atomic mass is 32.1. The van der Waals surface area contributed by atoms with Crippen molar-refractivity contribution in [2.75, 3.05) is 19.8 Å². The van der Waals surface area contributed by atoms with Crippen LogP contribution in [0.3, 0.4) is 0 Å². The van der Waals surface area contributed by atoms with Gasteiger partial charge in [0.25, 0.3) is 0 Å². The highest BCUT2D eigenvalue weighted by Crippen LogP contribution is 2.25. The third-order valence-corrected chi connectivity index (χ3v) is 4.69. The molecule has 2 aromatic carbocycles. The van der Waals surface area contributed by atoms with E-state index in [2.05, 4.69) is 11.7 Å². The Hall–Kier alpha value is -3.32. The Kier molecular flexibility index (Phi) is 6.64. The molecule has 3 rings (SSSR count). The summed E-state index contributed by atoms with van der Waals surface area (Å²) in [5.74, 6) is -0.397. The van der Waals surface area contributed by atoms with Gasteiger partial charge in [0.2, 0.25) is 5.71 Å². The Morgan fingerprint density at radius 3 is 2.64 bits per heavy atom. The molecule has 0 aliphatic carbocycles. The van der Waals surface area contributed by atoms with Crippen LogP contribution in [-0.2, 0) is 9.63 Å². The summed E-state index contributed by atoms with van der Waals surface area (Å²) >= 11 is 1.18. The van der Waals surface area contributed by atoms with Crippen molar-refractivity contribution in [2.45, 2.75) is 0 Å². The molecule has 0 radical (unpaired) electrons. The first-order valence-corrected chi connectivity index (χ1v) is 9.38. The number of ether oxygens (including phenoxy) is 2. The molecule has 0 saturated heterocycles. The molecule has 0 bridgehead atoms. The van der Waals surface area contributed by atoms with Crippen LogP contribution in [0.2, 0.25) is 0 Å². The van der Waals surface area contributed by atoms with Crippen molar-refractivity contribution in [3.05, 3.63) is 72.1 Å². The topological polar surface area (TPSA) is 77.4 Å². The summed E-state index contributed by atoms with van der Waals surface area (Å²) < 4.78 is 11.4. The maximum atomic E-state index is 11.3. The van der Waals surface area contributed by atoms with Crippen LogP contribution in [0.25, 0.3) is 10.8 Å². The van der Waals surface area contributed by atoms with Gasteiger partial charge < -0.3 is 19.4 Å². The summed E-state index contributed by atoms with van der Waals surface area (Å²) in [6, 6.07) is 17.3. The van der Waals surface area contributed by atoms with E-state index in [1.54, 1.807) is 12.1 Å². The number of oxime groups is 1. The third kappa shape index (κ3) is 5.11. The van der Waals surface area contributed by atoms with Crippen LogP contribution >= 0.6 is 11.3 Å². The van der Waals surface area contributed by atoms with Crippen LogP contribution in [0.15, 0.2) is 72.4 Å². The molecule has 0 fully saturated rings. The lowest BCUT2D eigenvalue weighted by atomic mass is 10.1. The molecule has 0 aliphatic heterocycles. The first-order valence-electron chi connectivity index (χ1n) is 8.56. The number of benzene rings is 2. The van der Waals surface area contributed by atoms with Gasteiger partial charge in [0.1, 0.15) is 25.6 Å². The van der Waals surface area contributed by atoms with Gasteiger partial charge in [-0.25, -0.2) is 4.79 Å². The van der Waals surface area contributed by atoms with E-state index in [4.69, 9.17) is 14.3 Å². The van der Waals surface area contributed by atoms with E-state index < -0.39 is 5.97 Å². The van der Waals surface area contributed by atoms with Gasteiger partial charge in [-0.3, -0.25) is 0 Å². The second-order valence-corrected chi connectivity index (χ2v) is 6.70. The maximum Gasteiger partial charge on any atom is 0.359 e. The van der Waals surface area contributed by atoms with Crippen LogP contribution in [0.1, 0.15) is 4.88 Å². The van der Waals surface area contributed by atoms with Gasteiger partial charge in [0, 0.05) is 0 Å². The lowest BCUT2D eigenvalue weighted by Gasteiger charge is -2.08. The highest BCUT2D eigenvalue weighted by molar-refractivity contribution is 7.16. The number of fused-ring (bicyclic) bond motifs is 1. The van der Waals surface area contributed by atoms with Gasteiger partial charge in [0.05, 0.1) is 4.88 Å². The van der Waals surface area contributed by atoms with Gasteiger partial charge in [-0.15, -0.1) is 0 Å². The van der Waals surface area contributed by atoms with Crippen molar-refractivity contribution in [1.82, 2.24) is 0 Å². The lowest BCUT2D eigenvalue weighted by molar-refractivity contribution is -0.129. The Labute approximate surface area is 166 Å². The number of aliphatic carboxylic acids is 1. The Bertz CT molecular complexity index is 995. The zero-order valence-corrected chi connectivity index (χ0v) is 15.9. The van der Waals surface area contributed by atoms with Crippen LogP contribution in [0.4, 0.5) is 0 Å². The van der Waals surface area contributed by atoms with Crippen LogP contribution < -0.4 is 9.47 Å². The normalized spacial score (nSPS) is 11.2. The number of nitrogens with zero attached hydrogens (tertiary/aromatic N) is 1. The van der Waals surface area contributed by atoms with Crippen LogP contribution in [0, 0.1) is 0 Å². The summed E-state index contributed by atoms with van der Waals surface area (Å²) in [6.45, 7) is 4.32. The van der Waals surface area contributed by atoms with Gasteiger partial charge in [-0.1, -0.05) is 59.5 Å². The average molecular weight is 397 g/mol. The third-order valence-electron chi connectivity index (χ3n) is 3.68. The molecule has 0 spiro atoms. The van der Waals surface area contributed by atoms with Crippen molar-refractivity contribution in [1.29, 1.82) is 0 Å². The summed E-state index contributed by atoms with van der Waals surface area (Å²) in [5.41, 5.74) is -0.172. The van der Waals surface area contributed by atoms with Gasteiger partial charge in [-0.05, 0) is 35.0 Å². The zero-order valence-electron chi connectivity index (χ0n) is 15.0. The van der Waals surface area contributed by atoms with E-state index in [-0.39, 0.29) is 12.3 Å². The Morgan fingerprint density at radius 1 is 1.07 bits per heavy atom. The molecule has 0 amide bonds. The van der Waals surface area contributed by atoms with Crippen molar-refractivity contribution >= 4 is 33.8 Å². The van der Waals surface area contributed by atoms with Crippen molar-refractivity contribution in [2.24, 2.45) is 5.16 Å². The van der Waals surface area contributed by atoms with E-state index in [0.717, 1.165) is 16.5 Å². The number of carbonyl (C=O) groups is 1. The SMILES string of the molecule is C=CCO/N=C(/C(=O)O)c1ccc(OCCOc2ccc3ccccc3c2)s1. The minimum atomic E-state index is -1.17. The first kappa shape index (κ1) is 19.4. The largest absolute Gasteiger partial charge is 0.490 e. The molecule has 0 saturated carbocycles. The molecule has 28 heavy (non-hydrogen) atoms. The van der Waals surface area contributed by atoms with E-state index in [9.17, 15) is 9.90 Å². The number of hydrogen-bond acceptors (Lipinski definition) is 6. The maximum absolute atomic E-state index is 11.3. The molecule has 0 unspecified atom stereocenters. The van der Waals surface area contributed by atoms with E-state index in [1.807, 2.05) is 42.5 Å². The average Bonchev–Trinajstić information content (AvgIpc) is 3.16. The fourth-order valence-electron chi connectivity index (χ4n) is 2.43. The Balaban J connectivity index is 1.52. The number of rotatable bonds is 10. The fraction of sp³-hybridized carbons (Fsp3) is 0.143. The van der Waals surface area contributed by atoms with E-state index in [1.165, 1.54) is 17.4 Å². The summed E-state index contributed by atoms with van der Waals surface area (Å²) in [6.07, 6.45) is 1.49. The molecule has 7 heteroatoms. The van der Waals surface area contributed by atoms with Crippen LogP contribution in [-0.4, -0.2) is 36.6 Å². The molecule has 0 aliphatic rings. The molecule has 1 heterocycles. The summed E-state index contributed by atoms with van der Waals surface area (Å²) in [4.78, 5) is 16.7. The molecular weight excluding hydrogens is 378 g/mol. The molecule has 1 aromatic heterocycles. The fourth-order valence-corrected chi connectivity index (χ4v) is 3.28. The molecule has 1 N–H and O–H groups in total. The minimum absolute atomic E-state index is 0.137. The Morgan fingerprint density at radius 2 is 1.86 bits per heavy atom. The summed E-state index contributed by atoms with van der Waals surface area (Å²) in [7, 11) is 0. The van der Waals surface area contributed by atoms with E-state index in [0.29, 0.717) is 23.2 Å². The monoisotopic (exact) mass is 397 g/mol. The highest BCUT2D eigenvalue weighted by Gasteiger charge is 2.16. The molecule has 144 valence electrons. The zero-order chi connectivity index (χ0) is 19.8. The number of carboxylic acid groups (broad SMARTS) is 1. The van der Waals surface area contributed by atoms with Gasteiger partial charge >= 0.3 is 5.97 Å².